The van der Waals surface area contributed by atoms with Gasteiger partial charge in [0, 0.05) is 32.9 Å². The number of nitriles is 1. The molecule has 0 spiro atoms. The zero-order valence-electron chi connectivity index (χ0n) is 13.6. The van der Waals surface area contributed by atoms with Gasteiger partial charge in [0.05, 0.1) is 10.7 Å². The van der Waals surface area contributed by atoms with Gasteiger partial charge in [-0.1, -0.05) is 40.9 Å². The van der Waals surface area contributed by atoms with Crippen molar-refractivity contribution in [3.05, 3.63) is 73.6 Å². The fraction of sp³-hybridized carbons (Fsp3) is 0.0526. The molecular weight excluding hydrogens is 409 g/mol. The maximum Gasteiger partial charge on any atom is 0.136 e. The summed E-state index contributed by atoms with van der Waals surface area (Å²) in [7, 11) is 0. The number of anilines is 1. The fourth-order valence-electron chi connectivity index (χ4n) is 2.26. The van der Waals surface area contributed by atoms with E-state index in [0.29, 0.717) is 31.3 Å². The smallest absolute Gasteiger partial charge is 0.136 e. The first-order chi connectivity index (χ1) is 12.5. The van der Waals surface area contributed by atoms with Crippen molar-refractivity contribution in [2.24, 2.45) is 0 Å². The van der Waals surface area contributed by atoms with Gasteiger partial charge < -0.3 is 5.32 Å². The van der Waals surface area contributed by atoms with Gasteiger partial charge >= 0.3 is 0 Å². The minimum Gasteiger partial charge on any atom is -0.360 e. The summed E-state index contributed by atoms with van der Waals surface area (Å²) in [6.07, 6.45) is 1.63. The average molecular weight is 421 g/mol. The molecule has 0 saturated heterocycles. The van der Waals surface area contributed by atoms with E-state index in [-0.39, 0.29) is 0 Å². The molecule has 130 valence electrons. The quantitative estimate of drug-likeness (QED) is 0.460. The van der Waals surface area contributed by atoms with Crippen LogP contribution in [0.1, 0.15) is 10.6 Å². The minimum absolute atomic E-state index is 0.422. The Balaban J connectivity index is 1.88. The van der Waals surface area contributed by atoms with Crippen LogP contribution in [0.15, 0.2) is 48.0 Å². The molecule has 3 aromatic rings. The standard InChI is InChI=1S/C19H12Cl3N3S/c1-11-2-3-14(21)7-17(11)24-9-12(8-23)19-25-18(10-26-19)15-5-4-13(20)6-16(15)22/h2-7,9-10,24H,1H3/b12-9+. The first kappa shape index (κ1) is 18.8. The lowest BCUT2D eigenvalue weighted by Gasteiger charge is -2.06. The van der Waals surface area contributed by atoms with Crippen LogP contribution >= 0.6 is 46.1 Å². The summed E-state index contributed by atoms with van der Waals surface area (Å²) in [5.41, 5.74) is 3.76. The number of aromatic nitrogens is 1. The number of allylic oxidation sites excluding steroid dienone is 1. The van der Waals surface area contributed by atoms with Crippen molar-refractivity contribution in [2.75, 3.05) is 5.32 Å². The molecule has 0 aliphatic rings. The van der Waals surface area contributed by atoms with E-state index in [2.05, 4.69) is 16.4 Å². The highest BCUT2D eigenvalue weighted by Crippen LogP contribution is 2.32. The molecule has 0 fully saturated rings. The number of rotatable bonds is 4. The number of thiazole rings is 1. The molecule has 26 heavy (non-hydrogen) atoms. The molecule has 7 heteroatoms. The van der Waals surface area contributed by atoms with E-state index in [1.807, 2.05) is 36.6 Å². The zero-order valence-corrected chi connectivity index (χ0v) is 16.6. The summed E-state index contributed by atoms with van der Waals surface area (Å²) in [6.45, 7) is 1.96. The van der Waals surface area contributed by atoms with Crippen molar-refractivity contribution in [1.82, 2.24) is 4.98 Å². The van der Waals surface area contributed by atoms with Gasteiger partial charge in [0.2, 0.25) is 0 Å². The van der Waals surface area contributed by atoms with Crippen molar-refractivity contribution in [2.45, 2.75) is 6.92 Å². The van der Waals surface area contributed by atoms with E-state index < -0.39 is 0 Å². The highest BCUT2D eigenvalue weighted by Gasteiger charge is 2.12. The summed E-state index contributed by atoms with van der Waals surface area (Å²) < 4.78 is 0. The van der Waals surface area contributed by atoms with Crippen molar-refractivity contribution < 1.29 is 0 Å². The van der Waals surface area contributed by atoms with Crippen LogP contribution in [0.4, 0.5) is 5.69 Å². The van der Waals surface area contributed by atoms with Gasteiger partial charge in [-0.2, -0.15) is 5.26 Å². The number of nitrogens with zero attached hydrogens (tertiary/aromatic N) is 2. The van der Waals surface area contributed by atoms with Crippen molar-refractivity contribution in [1.29, 1.82) is 5.26 Å². The largest absolute Gasteiger partial charge is 0.360 e. The Bertz CT molecular complexity index is 1030. The highest BCUT2D eigenvalue weighted by molar-refractivity contribution is 7.11. The number of nitrogens with one attached hydrogen (secondary N) is 1. The molecule has 1 aromatic heterocycles. The molecule has 0 atom stereocenters. The minimum atomic E-state index is 0.422. The second kappa shape index (κ2) is 8.11. The fourth-order valence-corrected chi connectivity index (χ4v) is 3.72. The van der Waals surface area contributed by atoms with Gasteiger partial charge in [-0.05, 0) is 42.8 Å². The van der Waals surface area contributed by atoms with Crippen LogP contribution in [-0.4, -0.2) is 4.98 Å². The summed E-state index contributed by atoms with van der Waals surface area (Å²) in [6, 6.07) is 12.9. The van der Waals surface area contributed by atoms with Crippen LogP contribution in [0.3, 0.4) is 0 Å². The molecule has 2 aromatic carbocycles. The number of hydrogen-bond acceptors (Lipinski definition) is 4. The molecule has 1 N–H and O–H groups in total. The lowest BCUT2D eigenvalue weighted by Crippen LogP contribution is -1.93. The summed E-state index contributed by atoms with van der Waals surface area (Å²) in [5.74, 6) is 0. The molecule has 0 radical (unpaired) electrons. The first-order valence-corrected chi connectivity index (χ1v) is 9.53. The number of aryl methyl sites for hydroxylation is 1. The maximum absolute atomic E-state index is 9.49. The predicted molar refractivity (Wildman–Crippen MR) is 111 cm³/mol. The Kier molecular flexibility index (Phi) is 5.85. The van der Waals surface area contributed by atoms with Crippen LogP contribution < -0.4 is 5.32 Å². The highest BCUT2D eigenvalue weighted by atomic mass is 35.5. The molecule has 0 bridgehead atoms. The SMILES string of the molecule is Cc1ccc(Cl)cc1N/C=C(\C#N)c1nc(-c2ccc(Cl)cc2Cl)cs1. The molecule has 0 saturated carbocycles. The van der Waals surface area contributed by atoms with Crippen LogP contribution in [0.25, 0.3) is 16.8 Å². The van der Waals surface area contributed by atoms with Gasteiger partial charge in [0.15, 0.2) is 0 Å². The first-order valence-electron chi connectivity index (χ1n) is 7.52. The summed E-state index contributed by atoms with van der Waals surface area (Å²) in [4.78, 5) is 4.53. The lowest BCUT2D eigenvalue weighted by molar-refractivity contribution is 1.36. The van der Waals surface area contributed by atoms with Crippen LogP contribution in [0, 0.1) is 18.3 Å². The normalized spacial score (nSPS) is 11.3. The Morgan fingerprint density at radius 1 is 1.15 bits per heavy atom. The third-order valence-electron chi connectivity index (χ3n) is 3.63. The molecular formula is C19H12Cl3N3S. The van der Waals surface area contributed by atoms with E-state index in [4.69, 9.17) is 34.8 Å². The van der Waals surface area contributed by atoms with E-state index >= 15 is 0 Å². The Labute approximate surface area is 170 Å². The van der Waals surface area contributed by atoms with Gasteiger partial charge in [-0.3, -0.25) is 0 Å². The Morgan fingerprint density at radius 3 is 2.62 bits per heavy atom. The van der Waals surface area contributed by atoms with Gasteiger partial charge in [0.1, 0.15) is 16.6 Å². The summed E-state index contributed by atoms with van der Waals surface area (Å²) >= 11 is 19.6. The van der Waals surface area contributed by atoms with Gasteiger partial charge in [0.25, 0.3) is 0 Å². The number of halogens is 3. The number of benzene rings is 2. The van der Waals surface area contributed by atoms with Crippen molar-refractivity contribution >= 4 is 57.4 Å². The Hall–Kier alpha value is -2.03. The molecule has 3 nitrogen and oxygen atoms in total. The second-order valence-corrected chi connectivity index (χ2v) is 7.57. The van der Waals surface area contributed by atoms with Crippen LogP contribution in [0.5, 0.6) is 0 Å². The molecule has 0 amide bonds. The molecule has 0 unspecified atom stereocenters. The maximum atomic E-state index is 9.49. The monoisotopic (exact) mass is 419 g/mol. The van der Waals surface area contributed by atoms with Crippen molar-refractivity contribution in [3.63, 3.8) is 0 Å². The number of hydrogen-bond donors (Lipinski definition) is 1. The average Bonchev–Trinajstić information content (AvgIpc) is 3.08. The summed E-state index contributed by atoms with van der Waals surface area (Å²) in [5, 5.41) is 16.8. The van der Waals surface area contributed by atoms with Crippen molar-refractivity contribution in [3.8, 4) is 17.3 Å². The lowest BCUT2D eigenvalue weighted by atomic mass is 10.2. The van der Waals surface area contributed by atoms with E-state index in [1.165, 1.54) is 11.3 Å². The zero-order chi connectivity index (χ0) is 18.7. The molecule has 3 rings (SSSR count). The molecule has 0 aliphatic carbocycles. The van der Waals surface area contributed by atoms with Gasteiger partial charge in [-0.25, -0.2) is 4.98 Å². The van der Waals surface area contributed by atoms with E-state index in [0.717, 1.165) is 16.8 Å². The van der Waals surface area contributed by atoms with Gasteiger partial charge in [-0.15, -0.1) is 11.3 Å². The predicted octanol–water partition coefficient (Wildman–Crippen LogP) is 7.06. The third-order valence-corrected chi connectivity index (χ3v) is 5.29. The van der Waals surface area contributed by atoms with E-state index in [9.17, 15) is 5.26 Å². The Morgan fingerprint density at radius 2 is 1.88 bits per heavy atom. The topological polar surface area (TPSA) is 48.7 Å². The van der Waals surface area contributed by atoms with Crippen LogP contribution in [0.2, 0.25) is 15.1 Å². The van der Waals surface area contributed by atoms with Crippen LogP contribution in [-0.2, 0) is 0 Å². The second-order valence-electron chi connectivity index (χ2n) is 5.44. The molecule has 0 aliphatic heterocycles. The molecule has 1 heterocycles. The van der Waals surface area contributed by atoms with E-state index in [1.54, 1.807) is 18.3 Å². The third kappa shape index (κ3) is 4.20.